The number of carboxylic acid groups (broad SMARTS) is 1. The number of benzene rings is 2. The predicted octanol–water partition coefficient (Wildman–Crippen LogP) is 3.24. The van der Waals surface area contributed by atoms with Crippen LogP contribution in [0.1, 0.15) is 30.0 Å². The smallest absolute Gasteiger partial charge is 0.336 e. The van der Waals surface area contributed by atoms with Crippen molar-refractivity contribution in [1.82, 2.24) is 5.32 Å². The summed E-state index contributed by atoms with van der Waals surface area (Å²) >= 11 is 0. The molecule has 0 bridgehead atoms. The Morgan fingerprint density at radius 2 is 1.93 bits per heavy atom. The lowest BCUT2D eigenvalue weighted by Gasteiger charge is -2.16. The van der Waals surface area contributed by atoms with Crippen LogP contribution in [0.25, 0.3) is 11.0 Å². The van der Waals surface area contributed by atoms with Gasteiger partial charge < -0.3 is 14.6 Å². The van der Waals surface area contributed by atoms with Gasteiger partial charge in [-0.15, -0.1) is 0 Å². The number of hydrogen-bond acceptors (Lipinski definition) is 5. The second kappa shape index (κ2) is 8.71. The molecule has 6 nitrogen and oxygen atoms in total. The highest BCUT2D eigenvalue weighted by molar-refractivity contribution is 5.85. The minimum Gasteiger partial charge on any atom is -0.507 e. The predicted molar refractivity (Wildman–Crippen MR) is 107 cm³/mol. The fraction of sp³-hybridized carbons (Fsp3) is 0.273. The van der Waals surface area contributed by atoms with E-state index in [4.69, 9.17) is 4.42 Å². The number of phenols is 1. The molecule has 0 saturated carbocycles. The van der Waals surface area contributed by atoms with Gasteiger partial charge in [-0.3, -0.25) is 10.1 Å². The van der Waals surface area contributed by atoms with E-state index in [1.807, 2.05) is 37.3 Å². The summed E-state index contributed by atoms with van der Waals surface area (Å²) in [6, 6.07) is 13.2. The Morgan fingerprint density at radius 3 is 2.61 bits per heavy atom. The van der Waals surface area contributed by atoms with Crippen LogP contribution in [0.15, 0.2) is 57.7 Å². The van der Waals surface area contributed by atoms with Crippen molar-refractivity contribution in [3.05, 3.63) is 75.6 Å². The molecule has 1 atom stereocenters. The van der Waals surface area contributed by atoms with E-state index in [-0.39, 0.29) is 12.3 Å². The number of rotatable bonds is 8. The highest BCUT2D eigenvalue weighted by Crippen LogP contribution is 2.29. The highest BCUT2D eigenvalue weighted by Gasteiger charge is 2.20. The average molecular weight is 381 g/mol. The molecule has 3 N–H and O–H groups in total. The molecule has 146 valence electrons. The summed E-state index contributed by atoms with van der Waals surface area (Å²) in [6.45, 7) is 2.08. The zero-order chi connectivity index (χ0) is 20.1. The van der Waals surface area contributed by atoms with E-state index in [9.17, 15) is 19.8 Å². The van der Waals surface area contributed by atoms with Crippen molar-refractivity contribution in [1.29, 1.82) is 0 Å². The Kier molecular flexibility index (Phi) is 6.11. The van der Waals surface area contributed by atoms with Crippen molar-refractivity contribution >= 4 is 16.9 Å². The van der Waals surface area contributed by atoms with Crippen LogP contribution in [0.3, 0.4) is 0 Å². The average Bonchev–Trinajstić information content (AvgIpc) is 2.67. The number of fused-ring (bicyclic) bond motifs is 1. The molecule has 3 aromatic rings. The van der Waals surface area contributed by atoms with Crippen molar-refractivity contribution in [3.63, 3.8) is 0 Å². The third-order valence-electron chi connectivity index (χ3n) is 4.70. The van der Waals surface area contributed by atoms with E-state index in [1.54, 1.807) is 12.1 Å². The summed E-state index contributed by atoms with van der Waals surface area (Å²) in [5.41, 5.74) is 1.94. The van der Waals surface area contributed by atoms with Crippen LogP contribution in [-0.2, 0) is 24.2 Å². The maximum atomic E-state index is 12.0. The SMILES string of the molecule is CCCc1cc(=O)oc2c(CNC(Cc3ccccc3)C(=O)O)c(O)ccc12. The number of carbonyl (C=O) groups is 1. The van der Waals surface area contributed by atoms with Crippen molar-refractivity contribution in [2.24, 2.45) is 0 Å². The first-order valence-electron chi connectivity index (χ1n) is 9.27. The number of aliphatic carboxylic acids is 1. The Hall–Kier alpha value is -3.12. The molecule has 1 aromatic heterocycles. The van der Waals surface area contributed by atoms with E-state index in [2.05, 4.69) is 5.32 Å². The van der Waals surface area contributed by atoms with Gasteiger partial charge in [0.15, 0.2) is 0 Å². The maximum absolute atomic E-state index is 12.0. The molecule has 6 heteroatoms. The summed E-state index contributed by atoms with van der Waals surface area (Å²) in [5, 5.41) is 23.6. The second-order valence-electron chi connectivity index (χ2n) is 6.74. The zero-order valence-corrected chi connectivity index (χ0v) is 15.6. The molecular formula is C22H23NO5. The van der Waals surface area contributed by atoms with E-state index in [1.165, 1.54) is 6.07 Å². The number of nitrogens with one attached hydrogen (secondary N) is 1. The lowest BCUT2D eigenvalue weighted by atomic mass is 10.0. The highest BCUT2D eigenvalue weighted by atomic mass is 16.4. The number of hydrogen-bond donors (Lipinski definition) is 3. The lowest BCUT2D eigenvalue weighted by molar-refractivity contribution is -0.139. The molecule has 0 aliphatic heterocycles. The molecule has 1 heterocycles. The largest absolute Gasteiger partial charge is 0.507 e. The number of aryl methyl sites for hydroxylation is 1. The third kappa shape index (κ3) is 4.40. The van der Waals surface area contributed by atoms with Crippen LogP contribution in [0.4, 0.5) is 0 Å². The Morgan fingerprint density at radius 1 is 1.18 bits per heavy atom. The fourth-order valence-electron chi connectivity index (χ4n) is 3.31. The molecule has 1 unspecified atom stereocenters. The van der Waals surface area contributed by atoms with Gasteiger partial charge in [0.05, 0.1) is 5.56 Å². The van der Waals surface area contributed by atoms with Gasteiger partial charge in [0.1, 0.15) is 17.4 Å². The fourth-order valence-corrected chi connectivity index (χ4v) is 3.31. The van der Waals surface area contributed by atoms with Gasteiger partial charge in [0, 0.05) is 18.0 Å². The molecule has 0 saturated heterocycles. The standard InChI is InChI=1S/C22H23NO5/c1-2-6-15-12-20(25)28-21-16(15)9-10-19(24)17(21)13-23-18(22(26)27)11-14-7-4-3-5-8-14/h3-5,7-10,12,18,23-24H,2,6,11,13H2,1H3,(H,26,27). The molecule has 3 rings (SSSR count). The van der Waals surface area contributed by atoms with Crippen LogP contribution >= 0.6 is 0 Å². The molecule has 2 aromatic carbocycles. The van der Waals surface area contributed by atoms with E-state index >= 15 is 0 Å². The van der Waals surface area contributed by atoms with Crippen molar-refractivity contribution in [2.75, 3.05) is 0 Å². The number of carboxylic acids is 1. The molecule has 0 aliphatic rings. The van der Waals surface area contributed by atoms with Crippen molar-refractivity contribution < 1.29 is 19.4 Å². The molecule has 0 spiro atoms. The molecular weight excluding hydrogens is 358 g/mol. The first-order chi connectivity index (χ1) is 13.5. The third-order valence-corrected chi connectivity index (χ3v) is 4.70. The maximum Gasteiger partial charge on any atom is 0.336 e. The first kappa shape index (κ1) is 19.6. The summed E-state index contributed by atoms with van der Waals surface area (Å²) in [5.74, 6) is -1.03. The number of phenolic OH excluding ortho intramolecular Hbond substituents is 1. The van der Waals surface area contributed by atoms with E-state index in [0.717, 1.165) is 22.9 Å². The minimum atomic E-state index is -0.989. The molecule has 0 radical (unpaired) electrons. The summed E-state index contributed by atoms with van der Waals surface area (Å²) in [4.78, 5) is 23.6. The van der Waals surface area contributed by atoms with Gasteiger partial charge in [-0.2, -0.15) is 0 Å². The van der Waals surface area contributed by atoms with Gasteiger partial charge in [0.25, 0.3) is 0 Å². The zero-order valence-electron chi connectivity index (χ0n) is 15.6. The van der Waals surface area contributed by atoms with Gasteiger partial charge in [-0.05, 0) is 36.1 Å². The monoisotopic (exact) mass is 381 g/mol. The quantitative estimate of drug-likeness (QED) is 0.518. The normalized spacial score (nSPS) is 12.2. The van der Waals surface area contributed by atoms with Crippen molar-refractivity contribution in [3.8, 4) is 5.75 Å². The van der Waals surface area contributed by atoms with E-state index < -0.39 is 17.6 Å². The van der Waals surface area contributed by atoms with Crippen LogP contribution in [0.2, 0.25) is 0 Å². The molecule has 28 heavy (non-hydrogen) atoms. The Balaban J connectivity index is 1.91. The summed E-state index contributed by atoms with van der Waals surface area (Å²) in [7, 11) is 0. The van der Waals surface area contributed by atoms with Crippen LogP contribution < -0.4 is 10.9 Å². The van der Waals surface area contributed by atoms with E-state index in [0.29, 0.717) is 24.0 Å². The topological polar surface area (TPSA) is 99.8 Å². The van der Waals surface area contributed by atoms with Gasteiger partial charge >= 0.3 is 11.6 Å². The molecule has 0 amide bonds. The van der Waals surface area contributed by atoms with Crippen LogP contribution in [-0.4, -0.2) is 22.2 Å². The van der Waals surface area contributed by atoms with Crippen LogP contribution in [0.5, 0.6) is 5.75 Å². The Bertz CT molecular complexity index is 1030. The molecule has 0 aliphatic carbocycles. The van der Waals surface area contributed by atoms with Gasteiger partial charge in [0.2, 0.25) is 0 Å². The first-order valence-corrected chi connectivity index (χ1v) is 9.27. The van der Waals surface area contributed by atoms with Crippen molar-refractivity contribution in [2.45, 2.75) is 38.8 Å². The number of aromatic hydroxyl groups is 1. The van der Waals surface area contributed by atoms with Gasteiger partial charge in [-0.25, -0.2) is 4.79 Å². The molecule has 0 fully saturated rings. The second-order valence-corrected chi connectivity index (χ2v) is 6.74. The van der Waals surface area contributed by atoms with Gasteiger partial charge in [-0.1, -0.05) is 43.7 Å². The minimum absolute atomic E-state index is 0.0411. The Labute approximate surface area is 162 Å². The summed E-state index contributed by atoms with van der Waals surface area (Å²) < 4.78 is 5.37. The van der Waals surface area contributed by atoms with Crippen LogP contribution in [0, 0.1) is 0 Å². The summed E-state index contributed by atoms with van der Waals surface area (Å²) in [6.07, 6.45) is 1.88. The lowest BCUT2D eigenvalue weighted by Crippen LogP contribution is -2.38.